The van der Waals surface area contributed by atoms with Crippen molar-refractivity contribution in [1.82, 2.24) is 0 Å². The van der Waals surface area contributed by atoms with E-state index in [-0.39, 0.29) is 6.61 Å². The van der Waals surface area contributed by atoms with Crippen molar-refractivity contribution >= 4 is 5.91 Å². The smallest absolute Gasteiger partial charge is 0.246 e. The molecular formula is C6H11NO2. The first-order valence-corrected chi connectivity index (χ1v) is 2.73. The van der Waals surface area contributed by atoms with E-state index in [0.29, 0.717) is 12.2 Å². The molecule has 0 aromatic carbocycles. The first kappa shape index (κ1) is 8.17. The maximum absolute atomic E-state index is 10.2. The van der Waals surface area contributed by atoms with E-state index in [0.717, 1.165) is 0 Å². The SMILES string of the molecule is C=C(COCC)C(N)=O. The monoisotopic (exact) mass is 129 g/mol. The average Bonchev–Trinajstić information content (AvgIpc) is 1.82. The molecule has 0 rings (SSSR count). The second-order valence-corrected chi connectivity index (χ2v) is 1.60. The van der Waals surface area contributed by atoms with Crippen molar-refractivity contribution in [3.63, 3.8) is 0 Å². The molecule has 52 valence electrons. The summed E-state index contributed by atoms with van der Waals surface area (Å²) >= 11 is 0. The Morgan fingerprint density at radius 3 is 2.67 bits per heavy atom. The van der Waals surface area contributed by atoms with Crippen molar-refractivity contribution < 1.29 is 9.53 Å². The molecule has 0 bridgehead atoms. The van der Waals surface area contributed by atoms with Crippen LogP contribution in [-0.2, 0) is 9.53 Å². The van der Waals surface area contributed by atoms with Crippen LogP contribution in [0.4, 0.5) is 0 Å². The summed E-state index contributed by atoms with van der Waals surface area (Å²) in [7, 11) is 0. The van der Waals surface area contributed by atoms with E-state index in [9.17, 15) is 4.79 Å². The predicted molar refractivity (Wildman–Crippen MR) is 34.8 cm³/mol. The Morgan fingerprint density at radius 1 is 1.78 bits per heavy atom. The van der Waals surface area contributed by atoms with Crippen LogP contribution in [-0.4, -0.2) is 19.1 Å². The van der Waals surface area contributed by atoms with Crippen molar-refractivity contribution in [1.29, 1.82) is 0 Å². The molecule has 0 unspecified atom stereocenters. The van der Waals surface area contributed by atoms with E-state index in [1.165, 1.54) is 0 Å². The first-order valence-electron chi connectivity index (χ1n) is 2.73. The minimum absolute atomic E-state index is 0.242. The maximum Gasteiger partial charge on any atom is 0.246 e. The third kappa shape index (κ3) is 3.73. The lowest BCUT2D eigenvalue weighted by atomic mass is 10.3. The molecule has 0 fully saturated rings. The molecule has 2 N–H and O–H groups in total. The van der Waals surface area contributed by atoms with Crippen molar-refractivity contribution in [2.45, 2.75) is 6.92 Å². The summed E-state index contributed by atoms with van der Waals surface area (Å²) in [6.07, 6.45) is 0. The Hall–Kier alpha value is -0.830. The van der Waals surface area contributed by atoms with Crippen molar-refractivity contribution in [2.24, 2.45) is 5.73 Å². The van der Waals surface area contributed by atoms with Gasteiger partial charge in [0.05, 0.1) is 6.61 Å². The summed E-state index contributed by atoms with van der Waals surface area (Å²) < 4.78 is 4.86. The van der Waals surface area contributed by atoms with Gasteiger partial charge in [0.1, 0.15) is 0 Å². The highest BCUT2D eigenvalue weighted by Gasteiger charge is 1.98. The molecule has 0 aliphatic rings. The van der Waals surface area contributed by atoms with Gasteiger partial charge in [0, 0.05) is 12.2 Å². The van der Waals surface area contributed by atoms with Crippen LogP contribution in [0.5, 0.6) is 0 Å². The van der Waals surface area contributed by atoms with Gasteiger partial charge in [0.15, 0.2) is 0 Å². The van der Waals surface area contributed by atoms with Crippen molar-refractivity contribution in [2.75, 3.05) is 13.2 Å². The number of nitrogens with two attached hydrogens (primary N) is 1. The zero-order valence-corrected chi connectivity index (χ0v) is 5.52. The normalized spacial score (nSPS) is 9.00. The molecule has 3 heteroatoms. The van der Waals surface area contributed by atoms with Gasteiger partial charge < -0.3 is 10.5 Å². The second kappa shape index (κ2) is 4.09. The Bertz CT molecular complexity index is 120. The third-order valence-electron chi connectivity index (χ3n) is 0.829. The summed E-state index contributed by atoms with van der Waals surface area (Å²) in [6.45, 7) is 6.05. The first-order chi connectivity index (χ1) is 4.18. The Labute approximate surface area is 54.5 Å². The number of rotatable bonds is 4. The fourth-order valence-electron chi connectivity index (χ4n) is 0.296. The molecule has 0 saturated carbocycles. The topological polar surface area (TPSA) is 52.3 Å². The average molecular weight is 129 g/mol. The molecular weight excluding hydrogens is 118 g/mol. The molecule has 0 aromatic heterocycles. The number of carbonyl (C=O) groups excluding carboxylic acids is 1. The molecule has 0 radical (unpaired) electrons. The fraction of sp³-hybridized carbons (Fsp3) is 0.500. The van der Waals surface area contributed by atoms with Crippen LogP contribution in [0.25, 0.3) is 0 Å². The predicted octanol–water partition coefficient (Wildman–Crippen LogP) is 0.0644. The number of carbonyl (C=O) groups is 1. The van der Waals surface area contributed by atoms with Gasteiger partial charge in [-0.2, -0.15) is 0 Å². The highest BCUT2D eigenvalue weighted by molar-refractivity contribution is 5.91. The highest BCUT2D eigenvalue weighted by Crippen LogP contribution is 1.87. The lowest BCUT2D eigenvalue weighted by Crippen LogP contribution is -2.16. The molecule has 0 atom stereocenters. The third-order valence-corrected chi connectivity index (χ3v) is 0.829. The lowest BCUT2D eigenvalue weighted by Gasteiger charge is -1.98. The molecule has 0 spiro atoms. The van der Waals surface area contributed by atoms with Gasteiger partial charge in [-0.25, -0.2) is 0 Å². The van der Waals surface area contributed by atoms with Gasteiger partial charge in [-0.1, -0.05) is 6.58 Å². The quantitative estimate of drug-likeness (QED) is 0.546. The van der Waals surface area contributed by atoms with E-state index in [1.54, 1.807) is 0 Å². The van der Waals surface area contributed by atoms with Gasteiger partial charge in [0.25, 0.3) is 0 Å². The largest absolute Gasteiger partial charge is 0.377 e. The lowest BCUT2D eigenvalue weighted by molar-refractivity contribution is -0.115. The molecule has 1 amide bonds. The van der Waals surface area contributed by atoms with Gasteiger partial charge in [-0.05, 0) is 6.92 Å². The molecule has 3 nitrogen and oxygen atoms in total. The van der Waals surface area contributed by atoms with Gasteiger partial charge in [0.2, 0.25) is 5.91 Å². The van der Waals surface area contributed by atoms with E-state index in [2.05, 4.69) is 6.58 Å². The summed E-state index contributed by atoms with van der Waals surface area (Å²) in [6, 6.07) is 0. The van der Waals surface area contributed by atoms with Crippen LogP contribution < -0.4 is 5.73 Å². The number of primary amides is 1. The summed E-state index contributed by atoms with van der Waals surface area (Å²) in [4.78, 5) is 10.2. The van der Waals surface area contributed by atoms with E-state index in [4.69, 9.17) is 10.5 Å². The molecule has 0 aromatic rings. The molecule has 0 heterocycles. The molecule has 0 aliphatic carbocycles. The van der Waals surface area contributed by atoms with Gasteiger partial charge >= 0.3 is 0 Å². The van der Waals surface area contributed by atoms with Crippen LogP contribution in [0.2, 0.25) is 0 Å². The van der Waals surface area contributed by atoms with Crippen LogP contribution in [0.1, 0.15) is 6.92 Å². The van der Waals surface area contributed by atoms with E-state index < -0.39 is 5.91 Å². The van der Waals surface area contributed by atoms with Gasteiger partial charge in [-0.15, -0.1) is 0 Å². The van der Waals surface area contributed by atoms with Crippen LogP contribution in [0.3, 0.4) is 0 Å². The van der Waals surface area contributed by atoms with Crippen molar-refractivity contribution in [3.05, 3.63) is 12.2 Å². The maximum atomic E-state index is 10.2. The zero-order chi connectivity index (χ0) is 7.28. The minimum atomic E-state index is -0.497. The Kier molecular flexibility index (Phi) is 3.71. The number of ether oxygens (including phenoxy) is 1. The van der Waals surface area contributed by atoms with Crippen LogP contribution in [0, 0.1) is 0 Å². The van der Waals surface area contributed by atoms with E-state index in [1.807, 2.05) is 6.92 Å². The Morgan fingerprint density at radius 2 is 2.33 bits per heavy atom. The molecule has 0 aliphatic heterocycles. The standard InChI is InChI=1S/C6H11NO2/c1-3-9-4-5(2)6(7)8/h2-4H2,1H3,(H2,7,8). The van der Waals surface area contributed by atoms with E-state index >= 15 is 0 Å². The molecule has 9 heavy (non-hydrogen) atoms. The number of amides is 1. The summed E-state index contributed by atoms with van der Waals surface area (Å²) in [5.41, 5.74) is 5.17. The number of hydrogen-bond acceptors (Lipinski definition) is 2. The minimum Gasteiger partial charge on any atom is -0.377 e. The summed E-state index contributed by atoms with van der Waals surface area (Å²) in [5.74, 6) is -0.497. The summed E-state index contributed by atoms with van der Waals surface area (Å²) in [5, 5.41) is 0. The zero-order valence-electron chi connectivity index (χ0n) is 5.52. The van der Waals surface area contributed by atoms with Crippen LogP contribution >= 0.6 is 0 Å². The van der Waals surface area contributed by atoms with Crippen LogP contribution in [0.15, 0.2) is 12.2 Å². The molecule has 0 saturated heterocycles. The number of hydrogen-bond donors (Lipinski definition) is 1. The Balaban J connectivity index is 3.39. The fourth-order valence-corrected chi connectivity index (χ4v) is 0.296. The highest BCUT2D eigenvalue weighted by atomic mass is 16.5. The second-order valence-electron chi connectivity index (χ2n) is 1.60. The van der Waals surface area contributed by atoms with Crippen molar-refractivity contribution in [3.8, 4) is 0 Å². The van der Waals surface area contributed by atoms with Gasteiger partial charge in [-0.3, -0.25) is 4.79 Å².